The van der Waals surface area contributed by atoms with Gasteiger partial charge in [-0.2, -0.15) is 26.7 Å². The van der Waals surface area contributed by atoms with E-state index in [9.17, 15) is 27.2 Å². The summed E-state index contributed by atoms with van der Waals surface area (Å²) in [5.74, 6) is -1.02. The highest BCUT2D eigenvalue weighted by molar-refractivity contribution is 6.31. The molecule has 1 atom stereocenters. The number of imidazole rings is 1. The molecule has 5 aromatic rings. The number of benzene rings is 1. The number of hydrogen-bond donors (Lipinski definition) is 0. The molecule has 1 aromatic carbocycles. The SMILES string of the molecule is Cn1nncc1-c1cn([C@H](CCOC(F)F)c2ccc(-c3c(-n4cc(C(F)(F)F)nn4)ccc(Cl)c3F)c[n+]2[O-])cn1. The summed E-state index contributed by atoms with van der Waals surface area (Å²) in [5, 5.41) is 27.1. The Morgan fingerprint density at radius 2 is 1.90 bits per heavy atom. The van der Waals surface area contributed by atoms with Crippen LogP contribution in [0.1, 0.15) is 23.9 Å². The van der Waals surface area contributed by atoms with E-state index in [2.05, 4.69) is 30.3 Å². The minimum absolute atomic E-state index is 0.0489. The lowest BCUT2D eigenvalue weighted by Crippen LogP contribution is -2.35. The topological polar surface area (TPSA) is 115 Å². The largest absolute Gasteiger partial charge is 0.618 e. The highest BCUT2D eigenvalue weighted by Gasteiger charge is 2.35. The number of rotatable bonds is 9. The minimum Gasteiger partial charge on any atom is -0.618 e. The molecule has 0 radical (unpaired) electrons. The molecule has 4 aromatic heterocycles. The maximum Gasteiger partial charge on any atom is 0.436 e. The van der Waals surface area contributed by atoms with Crippen molar-refractivity contribution >= 4 is 11.6 Å². The smallest absolute Gasteiger partial charge is 0.436 e. The first-order valence-electron chi connectivity index (χ1n) is 11.9. The van der Waals surface area contributed by atoms with E-state index in [1.54, 1.807) is 13.2 Å². The van der Waals surface area contributed by atoms with Crippen LogP contribution >= 0.6 is 11.6 Å². The van der Waals surface area contributed by atoms with Crippen LogP contribution < -0.4 is 4.73 Å². The highest BCUT2D eigenvalue weighted by Crippen LogP contribution is 2.35. The van der Waals surface area contributed by atoms with E-state index in [0.29, 0.717) is 27.0 Å². The molecular formula is C24H18ClF6N9O2. The zero-order valence-electron chi connectivity index (χ0n) is 21.3. The Hall–Kier alpha value is -4.51. The van der Waals surface area contributed by atoms with Crippen LogP contribution in [0.15, 0.2) is 55.4 Å². The first-order chi connectivity index (χ1) is 19.9. The summed E-state index contributed by atoms with van der Waals surface area (Å²) < 4.78 is 88.5. The van der Waals surface area contributed by atoms with Crippen molar-refractivity contribution in [3.05, 3.63) is 82.8 Å². The Morgan fingerprint density at radius 1 is 1.12 bits per heavy atom. The van der Waals surface area contributed by atoms with Gasteiger partial charge in [0.1, 0.15) is 17.4 Å². The summed E-state index contributed by atoms with van der Waals surface area (Å²) in [4.78, 5) is 4.29. The molecule has 0 unspecified atom stereocenters. The minimum atomic E-state index is -4.80. The normalized spacial score (nSPS) is 12.8. The fourth-order valence-electron chi connectivity index (χ4n) is 4.30. The quantitative estimate of drug-likeness (QED) is 0.136. The number of aryl methyl sites for hydroxylation is 1. The van der Waals surface area contributed by atoms with Crippen LogP contribution in [0.4, 0.5) is 26.3 Å². The maximum absolute atomic E-state index is 15.3. The number of ether oxygens (including phenoxy) is 1. The maximum atomic E-state index is 15.3. The lowest BCUT2D eigenvalue weighted by Gasteiger charge is -2.19. The van der Waals surface area contributed by atoms with E-state index in [0.717, 1.165) is 12.3 Å². The van der Waals surface area contributed by atoms with Gasteiger partial charge < -0.3 is 14.5 Å². The third-order valence-corrected chi connectivity index (χ3v) is 6.54. The molecule has 0 aliphatic carbocycles. The van der Waals surface area contributed by atoms with Gasteiger partial charge in [-0.15, -0.1) is 10.2 Å². The molecule has 42 heavy (non-hydrogen) atoms. The van der Waals surface area contributed by atoms with Crippen molar-refractivity contribution in [2.45, 2.75) is 25.3 Å². The molecule has 0 spiro atoms. The lowest BCUT2D eigenvalue weighted by molar-refractivity contribution is -0.615. The molecule has 220 valence electrons. The average Bonchev–Trinajstić information content (AvgIpc) is 3.69. The predicted molar refractivity (Wildman–Crippen MR) is 133 cm³/mol. The Balaban J connectivity index is 1.55. The third kappa shape index (κ3) is 5.78. The summed E-state index contributed by atoms with van der Waals surface area (Å²) in [6.07, 6.45) is 1.10. The number of pyridine rings is 1. The summed E-state index contributed by atoms with van der Waals surface area (Å²) >= 11 is 5.96. The molecule has 5 rings (SSSR count). The molecule has 0 N–H and O–H groups in total. The van der Waals surface area contributed by atoms with Crippen LogP contribution in [0.3, 0.4) is 0 Å². The van der Waals surface area contributed by atoms with E-state index in [1.807, 2.05) is 0 Å². The van der Waals surface area contributed by atoms with E-state index < -0.39 is 36.9 Å². The molecule has 0 saturated carbocycles. The van der Waals surface area contributed by atoms with Gasteiger partial charge in [0.25, 0.3) is 0 Å². The summed E-state index contributed by atoms with van der Waals surface area (Å²) in [6.45, 7) is -3.46. The second-order valence-corrected chi connectivity index (χ2v) is 9.26. The molecule has 4 heterocycles. The number of alkyl halides is 5. The summed E-state index contributed by atoms with van der Waals surface area (Å²) in [7, 11) is 1.64. The Morgan fingerprint density at radius 3 is 2.55 bits per heavy atom. The molecule has 0 amide bonds. The molecule has 0 aliphatic heterocycles. The summed E-state index contributed by atoms with van der Waals surface area (Å²) in [6, 6.07) is 4.15. The molecule has 0 fully saturated rings. The Labute approximate surface area is 237 Å². The van der Waals surface area contributed by atoms with Crippen molar-refractivity contribution in [3.63, 3.8) is 0 Å². The van der Waals surface area contributed by atoms with Crippen molar-refractivity contribution in [3.8, 4) is 28.2 Å². The van der Waals surface area contributed by atoms with Crippen LogP contribution in [0.2, 0.25) is 5.02 Å². The highest BCUT2D eigenvalue weighted by atomic mass is 35.5. The van der Waals surface area contributed by atoms with Crippen LogP contribution in [0.5, 0.6) is 0 Å². The number of halogens is 7. The van der Waals surface area contributed by atoms with Crippen LogP contribution in [-0.2, 0) is 18.0 Å². The molecule has 0 saturated heterocycles. The van der Waals surface area contributed by atoms with Crippen LogP contribution in [0.25, 0.3) is 28.2 Å². The van der Waals surface area contributed by atoms with E-state index in [-0.39, 0.29) is 34.0 Å². The van der Waals surface area contributed by atoms with Gasteiger partial charge in [-0.1, -0.05) is 22.0 Å². The fraction of sp³-hybridized carbons (Fsp3) is 0.250. The lowest BCUT2D eigenvalue weighted by atomic mass is 10.0. The van der Waals surface area contributed by atoms with E-state index >= 15 is 4.39 Å². The standard InChI is InChI=1S/C24H18ClF6N9O2/c1-37-19(8-33-35-37)15-10-38(12-32-15)16(6-7-42-23(27)28)17-4-2-13(9-40(17)41)21-18(5-3-14(25)22(21)26)39-11-20(34-36-39)24(29,30)31/h2-5,8-12,16,23H,6-7H2,1H3/t16-/m1/s1. The molecule has 0 bridgehead atoms. The van der Waals surface area contributed by atoms with E-state index in [4.69, 9.17) is 11.6 Å². The number of aromatic nitrogens is 9. The second kappa shape index (κ2) is 11.4. The van der Waals surface area contributed by atoms with Gasteiger partial charge in [0, 0.05) is 25.7 Å². The Bertz CT molecular complexity index is 1720. The number of hydrogen-bond acceptors (Lipinski definition) is 7. The zero-order valence-corrected chi connectivity index (χ0v) is 22.0. The van der Waals surface area contributed by atoms with Gasteiger partial charge in [0.05, 0.1) is 47.2 Å². The van der Waals surface area contributed by atoms with Crippen molar-refractivity contribution in [2.75, 3.05) is 6.61 Å². The second-order valence-electron chi connectivity index (χ2n) is 8.85. The van der Waals surface area contributed by atoms with Gasteiger partial charge in [-0.25, -0.2) is 18.7 Å². The molecule has 0 aliphatic rings. The van der Waals surface area contributed by atoms with Crippen molar-refractivity contribution < 1.29 is 35.8 Å². The number of nitrogens with zero attached hydrogens (tertiary/aromatic N) is 9. The fourth-order valence-corrected chi connectivity index (χ4v) is 4.45. The third-order valence-electron chi connectivity index (χ3n) is 6.25. The average molecular weight is 614 g/mol. The van der Waals surface area contributed by atoms with Gasteiger partial charge in [0.15, 0.2) is 17.7 Å². The van der Waals surface area contributed by atoms with Crippen LogP contribution in [-0.4, -0.2) is 52.8 Å². The zero-order chi connectivity index (χ0) is 30.2. The molecule has 18 heteroatoms. The van der Waals surface area contributed by atoms with Gasteiger partial charge in [0.2, 0.25) is 5.69 Å². The molecular weight excluding hydrogens is 596 g/mol. The van der Waals surface area contributed by atoms with Crippen molar-refractivity contribution in [1.29, 1.82) is 0 Å². The first kappa shape index (κ1) is 29.0. The van der Waals surface area contributed by atoms with Crippen molar-refractivity contribution in [2.24, 2.45) is 7.05 Å². The molecule has 11 nitrogen and oxygen atoms in total. The van der Waals surface area contributed by atoms with E-state index in [1.165, 1.54) is 40.0 Å². The predicted octanol–water partition coefficient (Wildman–Crippen LogP) is 4.59. The monoisotopic (exact) mass is 613 g/mol. The Kier molecular flexibility index (Phi) is 7.87. The van der Waals surface area contributed by atoms with Crippen molar-refractivity contribution in [1.82, 2.24) is 39.5 Å². The van der Waals surface area contributed by atoms with Gasteiger partial charge in [-0.3, -0.25) is 0 Å². The van der Waals surface area contributed by atoms with Crippen LogP contribution in [0, 0.1) is 11.0 Å². The summed E-state index contributed by atoms with van der Waals surface area (Å²) in [5.41, 5.74) is -0.813. The van der Waals surface area contributed by atoms with Gasteiger partial charge >= 0.3 is 12.8 Å². The first-order valence-corrected chi connectivity index (χ1v) is 12.3. The van der Waals surface area contributed by atoms with Gasteiger partial charge in [-0.05, 0) is 18.2 Å².